The van der Waals surface area contributed by atoms with Crippen LogP contribution in [0.2, 0.25) is 0 Å². The number of rotatable bonds is 10. The second-order valence-corrected chi connectivity index (χ2v) is 7.50. The maximum atomic E-state index is 11.8. The molecule has 0 N–H and O–H groups in total. The first-order valence-corrected chi connectivity index (χ1v) is 10.0. The molecule has 1 atom stereocenters. The Balaban J connectivity index is 2.33. The molecule has 126 valence electrons. The minimum absolute atomic E-state index is 0.142. The van der Waals surface area contributed by atoms with Crippen LogP contribution in [-0.4, -0.2) is 23.3 Å². The summed E-state index contributed by atoms with van der Waals surface area (Å²) in [5.74, 6) is 0.984. The Bertz CT molecular complexity index is 546. The molecule has 0 aliphatic heterocycles. The van der Waals surface area contributed by atoms with Gasteiger partial charge in [-0.1, -0.05) is 33.1 Å². The minimum atomic E-state index is -0.142. The van der Waals surface area contributed by atoms with E-state index in [4.69, 9.17) is 10.00 Å². The number of carbonyl (C=O) groups excluding carboxylic acids is 1. The van der Waals surface area contributed by atoms with Gasteiger partial charge in [0.1, 0.15) is 6.07 Å². The first-order valence-electron chi connectivity index (χ1n) is 7.95. The number of pyridine rings is 1. The van der Waals surface area contributed by atoms with Crippen molar-refractivity contribution in [3.8, 4) is 6.07 Å². The summed E-state index contributed by atoms with van der Waals surface area (Å²) in [4.78, 5) is 16.8. The highest BCUT2D eigenvalue weighted by atomic mass is 127. The number of hydrogen-bond donors (Lipinski definition) is 0. The average molecular weight is 446 g/mol. The molecule has 0 fully saturated rings. The highest BCUT2D eigenvalue weighted by Gasteiger charge is 2.11. The van der Waals surface area contributed by atoms with Gasteiger partial charge in [-0.3, -0.25) is 4.79 Å². The molecule has 0 aromatic carbocycles. The lowest BCUT2D eigenvalue weighted by Gasteiger charge is -2.14. The maximum absolute atomic E-state index is 11.8. The van der Waals surface area contributed by atoms with Gasteiger partial charge in [0.2, 0.25) is 0 Å². The smallest absolute Gasteiger partial charge is 0.306 e. The zero-order valence-corrected chi connectivity index (χ0v) is 16.7. The predicted octanol–water partition coefficient (Wildman–Crippen LogP) is 4.80. The highest BCUT2D eigenvalue weighted by Crippen LogP contribution is 2.26. The van der Waals surface area contributed by atoms with Gasteiger partial charge in [0.15, 0.2) is 5.69 Å². The zero-order chi connectivity index (χ0) is 17.1. The molecule has 1 aromatic rings. The van der Waals surface area contributed by atoms with E-state index in [1.165, 1.54) is 12.8 Å². The Morgan fingerprint density at radius 2 is 2.30 bits per heavy atom. The second-order valence-electron chi connectivity index (χ2n) is 5.28. The van der Waals surface area contributed by atoms with Crippen LogP contribution in [0.25, 0.3) is 0 Å². The average Bonchev–Trinajstić information content (AvgIpc) is 2.56. The third kappa shape index (κ3) is 7.53. The number of esters is 1. The van der Waals surface area contributed by atoms with E-state index in [1.807, 2.05) is 6.07 Å². The molecular formula is C17H23IN2O2S. The second kappa shape index (κ2) is 11.7. The fraction of sp³-hybridized carbons (Fsp3) is 0.588. The van der Waals surface area contributed by atoms with Gasteiger partial charge in [0.05, 0.1) is 16.6 Å². The van der Waals surface area contributed by atoms with Crippen LogP contribution < -0.4 is 0 Å². The van der Waals surface area contributed by atoms with Crippen molar-refractivity contribution < 1.29 is 9.53 Å². The summed E-state index contributed by atoms with van der Waals surface area (Å²) in [6, 6.07) is 3.94. The van der Waals surface area contributed by atoms with Crippen molar-refractivity contribution in [3.63, 3.8) is 0 Å². The molecule has 1 rings (SSSR count). The van der Waals surface area contributed by atoms with Crippen molar-refractivity contribution in [2.75, 3.05) is 12.4 Å². The molecule has 0 radical (unpaired) electrons. The molecule has 0 spiro atoms. The molecule has 0 bridgehead atoms. The Labute approximate surface area is 156 Å². The number of unbranched alkanes of at least 4 members (excludes halogenated alkanes) is 1. The number of nitriles is 1. The lowest BCUT2D eigenvalue weighted by molar-refractivity contribution is -0.144. The van der Waals surface area contributed by atoms with E-state index in [9.17, 15) is 4.79 Å². The molecule has 0 amide bonds. The van der Waals surface area contributed by atoms with Crippen molar-refractivity contribution >= 4 is 40.3 Å². The van der Waals surface area contributed by atoms with E-state index in [-0.39, 0.29) is 5.97 Å². The van der Waals surface area contributed by atoms with Crippen molar-refractivity contribution in [1.82, 2.24) is 4.98 Å². The lowest BCUT2D eigenvalue weighted by atomic mass is 10.0. The van der Waals surface area contributed by atoms with Crippen LogP contribution in [0.4, 0.5) is 0 Å². The number of nitrogens with zero attached hydrogens (tertiary/aromatic N) is 2. The maximum Gasteiger partial charge on any atom is 0.306 e. The van der Waals surface area contributed by atoms with Gasteiger partial charge in [-0.2, -0.15) is 5.26 Å². The molecule has 1 unspecified atom stereocenters. The number of carbonyl (C=O) groups is 1. The van der Waals surface area contributed by atoms with Crippen molar-refractivity contribution in [1.29, 1.82) is 5.26 Å². The summed E-state index contributed by atoms with van der Waals surface area (Å²) < 4.78 is 6.23. The normalized spacial score (nSPS) is 11.7. The molecule has 4 nitrogen and oxygen atoms in total. The molecule has 0 aliphatic rings. The Morgan fingerprint density at radius 3 is 2.96 bits per heavy atom. The summed E-state index contributed by atoms with van der Waals surface area (Å²) in [6.07, 6.45) is 6.55. The minimum Gasteiger partial charge on any atom is -0.465 e. The van der Waals surface area contributed by atoms with Crippen LogP contribution in [0.3, 0.4) is 0 Å². The van der Waals surface area contributed by atoms with E-state index >= 15 is 0 Å². The number of aromatic nitrogens is 1. The van der Waals surface area contributed by atoms with Crippen LogP contribution in [0, 0.1) is 20.8 Å². The number of thioether (sulfide) groups is 1. The molecular weight excluding hydrogens is 423 g/mol. The summed E-state index contributed by atoms with van der Waals surface area (Å²) in [7, 11) is 0. The first-order chi connectivity index (χ1) is 11.1. The fourth-order valence-corrected chi connectivity index (χ4v) is 3.82. The topological polar surface area (TPSA) is 63.0 Å². The molecule has 6 heteroatoms. The first kappa shape index (κ1) is 20.2. The largest absolute Gasteiger partial charge is 0.465 e. The Kier molecular flexibility index (Phi) is 10.3. The van der Waals surface area contributed by atoms with Crippen LogP contribution in [0.1, 0.15) is 51.6 Å². The number of hydrogen-bond acceptors (Lipinski definition) is 5. The van der Waals surface area contributed by atoms with Crippen molar-refractivity contribution in [2.24, 2.45) is 5.92 Å². The van der Waals surface area contributed by atoms with Gasteiger partial charge in [-0.15, -0.1) is 11.8 Å². The van der Waals surface area contributed by atoms with Gasteiger partial charge >= 0.3 is 5.97 Å². The monoisotopic (exact) mass is 446 g/mol. The van der Waals surface area contributed by atoms with E-state index in [1.54, 1.807) is 18.0 Å². The zero-order valence-electron chi connectivity index (χ0n) is 13.7. The van der Waals surface area contributed by atoms with Gasteiger partial charge < -0.3 is 4.74 Å². The summed E-state index contributed by atoms with van der Waals surface area (Å²) >= 11 is 3.68. The van der Waals surface area contributed by atoms with Crippen molar-refractivity contribution in [3.05, 3.63) is 21.5 Å². The van der Waals surface area contributed by atoms with Crippen LogP contribution in [0.5, 0.6) is 0 Å². The highest BCUT2D eigenvalue weighted by molar-refractivity contribution is 14.1. The van der Waals surface area contributed by atoms with Crippen LogP contribution in [0.15, 0.2) is 17.2 Å². The quantitative estimate of drug-likeness (QED) is 0.294. The fourth-order valence-electron chi connectivity index (χ4n) is 2.04. The molecule has 23 heavy (non-hydrogen) atoms. The predicted molar refractivity (Wildman–Crippen MR) is 101 cm³/mol. The Morgan fingerprint density at radius 1 is 1.52 bits per heavy atom. The lowest BCUT2D eigenvalue weighted by Crippen LogP contribution is -2.14. The summed E-state index contributed by atoms with van der Waals surface area (Å²) in [5.41, 5.74) is 0.430. The number of halogens is 1. The van der Waals surface area contributed by atoms with E-state index in [0.717, 1.165) is 21.3 Å². The number of ether oxygens (including phenoxy) is 1. The Hall–Kier alpha value is -0.810. The molecule has 1 aromatic heterocycles. The molecule has 0 saturated heterocycles. The van der Waals surface area contributed by atoms with Crippen molar-refractivity contribution in [2.45, 2.75) is 50.8 Å². The van der Waals surface area contributed by atoms with E-state index in [2.05, 4.69) is 47.5 Å². The molecule has 0 saturated carbocycles. The van der Waals surface area contributed by atoms with Crippen LogP contribution in [-0.2, 0) is 9.53 Å². The summed E-state index contributed by atoms with van der Waals surface area (Å²) in [6.45, 7) is 4.85. The SMILES string of the molecule is CCCCC(CC)COC(=O)CCSc1ccnc(C#N)c1I. The summed E-state index contributed by atoms with van der Waals surface area (Å²) in [5, 5.41) is 8.96. The van der Waals surface area contributed by atoms with E-state index < -0.39 is 0 Å². The molecule has 1 heterocycles. The van der Waals surface area contributed by atoms with E-state index in [0.29, 0.717) is 30.4 Å². The van der Waals surface area contributed by atoms with Gasteiger partial charge in [-0.05, 0) is 41.0 Å². The van der Waals surface area contributed by atoms with Crippen LogP contribution >= 0.6 is 34.4 Å². The van der Waals surface area contributed by atoms with Gasteiger partial charge in [0.25, 0.3) is 0 Å². The third-order valence-corrected chi connectivity index (χ3v) is 6.06. The van der Waals surface area contributed by atoms with Gasteiger partial charge in [0, 0.05) is 16.8 Å². The van der Waals surface area contributed by atoms with Gasteiger partial charge in [-0.25, -0.2) is 4.98 Å². The molecule has 0 aliphatic carbocycles. The third-order valence-electron chi connectivity index (χ3n) is 3.55. The standard InChI is InChI=1S/C17H23IN2O2S/c1-3-5-6-13(4-2)12-22-16(21)8-10-23-15-7-9-20-14(11-19)17(15)18/h7,9,13H,3-6,8,10,12H2,1-2H3.